The van der Waals surface area contributed by atoms with Gasteiger partial charge in [0.05, 0.1) is 7.11 Å². The largest absolute Gasteiger partial charge is 0.507 e. The zero-order valence-electron chi connectivity index (χ0n) is 10.4. The van der Waals surface area contributed by atoms with Crippen molar-refractivity contribution in [2.75, 3.05) is 18.6 Å². The van der Waals surface area contributed by atoms with Gasteiger partial charge in [-0.3, -0.25) is 0 Å². The third-order valence-corrected chi connectivity index (χ3v) is 2.57. The molecule has 7 nitrogen and oxygen atoms in total. The van der Waals surface area contributed by atoms with Crippen molar-refractivity contribution in [3.63, 3.8) is 0 Å². The van der Waals surface area contributed by atoms with Crippen LogP contribution in [-0.2, 0) is 4.74 Å². The van der Waals surface area contributed by atoms with Gasteiger partial charge in [0.15, 0.2) is 11.6 Å². The normalized spacial score (nSPS) is 10.3. The molecule has 20 heavy (non-hydrogen) atoms. The number of rotatable bonds is 2. The third-order valence-electron chi connectivity index (χ3n) is 2.57. The number of nitrogens with two attached hydrogens (primary N) is 2. The molecule has 0 radical (unpaired) electrons. The maximum absolute atomic E-state index is 13.8. The van der Waals surface area contributed by atoms with Gasteiger partial charge in [0.1, 0.15) is 17.0 Å². The SMILES string of the molecule is COC(=O)c1ccc(-c2nc(N)nc(N)c2F)cc1O. The van der Waals surface area contributed by atoms with Crippen LogP contribution < -0.4 is 11.5 Å². The Kier molecular flexibility index (Phi) is 3.38. The molecular weight excluding hydrogens is 267 g/mol. The minimum Gasteiger partial charge on any atom is -0.507 e. The standard InChI is InChI=1S/C12H11FN4O3/c1-20-11(19)6-3-2-5(4-7(6)18)9-8(13)10(14)17-12(15)16-9/h2-4,18H,1H3,(H4,14,15,16,17). The Hall–Kier alpha value is -2.90. The van der Waals surface area contributed by atoms with Gasteiger partial charge in [-0.1, -0.05) is 6.07 Å². The molecule has 5 N–H and O–H groups in total. The first kappa shape index (κ1) is 13.5. The average Bonchev–Trinajstić information content (AvgIpc) is 2.41. The lowest BCUT2D eigenvalue weighted by Crippen LogP contribution is -2.05. The maximum atomic E-state index is 13.8. The van der Waals surface area contributed by atoms with Gasteiger partial charge in [-0.2, -0.15) is 4.98 Å². The number of benzene rings is 1. The van der Waals surface area contributed by atoms with E-state index in [2.05, 4.69) is 14.7 Å². The highest BCUT2D eigenvalue weighted by Gasteiger charge is 2.17. The van der Waals surface area contributed by atoms with E-state index in [1.165, 1.54) is 19.2 Å². The van der Waals surface area contributed by atoms with Gasteiger partial charge < -0.3 is 21.3 Å². The fourth-order valence-electron chi connectivity index (χ4n) is 1.64. The van der Waals surface area contributed by atoms with Crippen LogP contribution in [0.1, 0.15) is 10.4 Å². The quantitative estimate of drug-likeness (QED) is 0.698. The van der Waals surface area contributed by atoms with Gasteiger partial charge in [-0.25, -0.2) is 14.2 Å². The third kappa shape index (κ3) is 2.30. The molecule has 104 valence electrons. The van der Waals surface area contributed by atoms with E-state index in [0.717, 1.165) is 6.07 Å². The van der Waals surface area contributed by atoms with Crippen LogP contribution in [0.25, 0.3) is 11.3 Å². The van der Waals surface area contributed by atoms with Crippen molar-refractivity contribution in [1.29, 1.82) is 0 Å². The minimum atomic E-state index is -0.857. The van der Waals surface area contributed by atoms with E-state index in [1.807, 2.05) is 0 Å². The van der Waals surface area contributed by atoms with Crippen molar-refractivity contribution in [2.45, 2.75) is 0 Å². The summed E-state index contributed by atoms with van der Waals surface area (Å²) in [6.45, 7) is 0. The fraction of sp³-hybridized carbons (Fsp3) is 0.0833. The second-order valence-electron chi connectivity index (χ2n) is 3.85. The predicted octanol–water partition coefficient (Wildman–Crippen LogP) is 0.939. The fourth-order valence-corrected chi connectivity index (χ4v) is 1.64. The van der Waals surface area contributed by atoms with E-state index in [-0.39, 0.29) is 28.5 Å². The van der Waals surface area contributed by atoms with E-state index < -0.39 is 17.6 Å². The molecule has 0 aliphatic carbocycles. The Morgan fingerprint density at radius 3 is 2.65 bits per heavy atom. The van der Waals surface area contributed by atoms with Crippen LogP contribution in [0.4, 0.5) is 16.2 Å². The molecule has 8 heteroatoms. The number of anilines is 2. The molecule has 0 atom stereocenters. The highest BCUT2D eigenvalue weighted by Crippen LogP contribution is 2.29. The molecule has 0 aliphatic heterocycles. The number of phenolic OH excluding ortho intramolecular Hbond substituents is 1. The summed E-state index contributed by atoms with van der Waals surface area (Å²) in [6.07, 6.45) is 0. The second-order valence-corrected chi connectivity index (χ2v) is 3.85. The highest BCUT2D eigenvalue weighted by atomic mass is 19.1. The first-order chi connectivity index (χ1) is 9.43. The number of ether oxygens (including phenoxy) is 1. The minimum absolute atomic E-state index is 0.0494. The Balaban J connectivity index is 2.55. The van der Waals surface area contributed by atoms with E-state index in [9.17, 15) is 14.3 Å². The van der Waals surface area contributed by atoms with Gasteiger partial charge in [0.2, 0.25) is 5.95 Å². The molecule has 0 spiro atoms. The summed E-state index contributed by atoms with van der Waals surface area (Å²) in [5, 5.41) is 9.75. The van der Waals surface area contributed by atoms with Crippen LogP contribution in [0.15, 0.2) is 18.2 Å². The monoisotopic (exact) mass is 278 g/mol. The number of carbonyl (C=O) groups excluding carboxylic acids is 1. The Bertz CT molecular complexity index is 691. The topological polar surface area (TPSA) is 124 Å². The Labute approximate surface area is 113 Å². The smallest absolute Gasteiger partial charge is 0.341 e. The lowest BCUT2D eigenvalue weighted by Gasteiger charge is -2.08. The molecule has 0 amide bonds. The van der Waals surface area contributed by atoms with Gasteiger partial charge in [-0.15, -0.1) is 0 Å². The zero-order chi connectivity index (χ0) is 14.9. The van der Waals surface area contributed by atoms with Crippen LogP contribution in [0.5, 0.6) is 5.75 Å². The summed E-state index contributed by atoms with van der Waals surface area (Å²) in [7, 11) is 1.18. The number of esters is 1. The van der Waals surface area contributed by atoms with Crippen LogP contribution in [0, 0.1) is 5.82 Å². The van der Waals surface area contributed by atoms with Crippen LogP contribution in [0.2, 0.25) is 0 Å². The molecule has 0 saturated heterocycles. The Morgan fingerprint density at radius 2 is 2.05 bits per heavy atom. The Morgan fingerprint density at radius 1 is 1.35 bits per heavy atom. The molecule has 0 saturated carbocycles. The maximum Gasteiger partial charge on any atom is 0.341 e. The number of nitrogens with zero attached hydrogens (tertiary/aromatic N) is 2. The molecular formula is C12H11FN4O3. The number of aromatic nitrogens is 2. The molecule has 0 fully saturated rings. The van der Waals surface area contributed by atoms with Gasteiger partial charge >= 0.3 is 5.97 Å². The number of halogens is 1. The molecule has 1 aromatic carbocycles. The molecule has 1 aromatic heterocycles. The number of hydrogen-bond donors (Lipinski definition) is 3. The lowest BCUT2D eigenvalue weighted by atomic mass is 10.1. The summed E-state index contributed by atoms with van der Waals surface area (Å²) in [5.74, 6) is -2.54. The number of phenols is 1. The molecule has 2 rings (SSSR count). The molecule has 0 aliphatic rings. The van der Waals surface area contributed by atoms with Crippen molar-refractivity contribution >= 4 is 17.7 Å². The molecule has 0 bridgehead atoms. The van der Waals surface area contributed by atoms with E-state index >= 15 is 0 Å². The van der Waals surface area contributed by atoms with Gasteiger partial charge in [0, 0.05) is 5.56 Å². The van der Waals surface area contributed by atoms with E-state index in [0.29, 0.717) is 0 Å². The zero-order valence-corrected chi connectivity index (χ0v) is 10.4. The van der Waals surface area contributed by atoms with Gasteiger partial charge in [0.25, 0.3) is 0 Å². The van der Waals surface area contributed by atoms with Crippen molar-refractivity contribution in [1.82, 2.24) is 9.97 Å². The summed E-state index contributed by atoms with van der Waals surface area (Å²) >= 11 is 0. The van der Waals surface area contributed by atoms with Gasteiger partial charge in [-0.05, 0) is 12.1 Å². The average molecular weight is 278 g/mol. The number of aromatic hydroxyl groups is 1. The van der Waals surface area contributed by atoms with Crippen molar-refractivity contribution in [3.8, 4) is 17.0 Å². The van der Waals surface area contributed by atoms with Crippen molar-refractivity contribution in [3.05, 3.63) is 29.6 Å². The molecule has 0 unspecified atom stereocenters. The second kappa shape index (κ2) is 5.00. The van der Waals surface area contributed by atoms with Crippen LogP contribution >= 0.6 is 0 Å². The summed E-state index contributed by atoms with van der Waals surface area (Å²) in [4.78, 5) is 18.5. The van der Waals surface area contributed by atoms with Crippen LogP contribution in [0.3, 0.4) is 0 Å². The lowest BCUT2D eigenvalue weighted by molar-refractivity contribution is 0.0597. The van der Waals surface area contributed by atoms with E-state index in [4.69, 9.17) is 11.5 Å². The van der Waals surface area contributed by atoms with Crippen LogP contribution in [-0.4, -0.2) is 28.2 Å². The van der Waals surface area contributed by atoms with E-state index in [1.54, 1.807) is 0 Å². The van der Waals surface area contributed by atoms with Crippen molar-refractivity contribution < 1.29 is 19.0 Å². The number of nitrogen functional groups attached to an aromatic ring is 2. The predicted molar refractivity (Wildman–Crippen MR) is 69.3 cm³/mol. The summed E-state index contributed by atoms with van der Waals surface area (Å²) < 4.78 is 18.3. The summed E-state index contributed by atoms with van der Waals surface area (Å²) in [5.41, 5.74) is 10.7. The highest BCUT2D eigenvalue weighted by molar-refractivity contribution is 5.93. The number of methoxy groups -OCH3 is 1. The molecule has 2 aromatic rings. The number of hydrogen-bond acceptors (Lipinski definition) is 7. The number of carbonyl (C=O) groups is 1. The first-order valence-corrected chi connectivity index (χ1v) is 5.44. The molecule has 1 heterocycles. The first-order valence-electron chi connectivity index (χ1n) is 5.44. The van der Waals surface area contributed by atoms with Crippen molar-refractivity contribution in [2.24, 2.45) is 0 Å². The summed E-state index contributed by atoms with van der Waals surface area (Å²) in [6, 6.07) is 3.83.